The van der Waals surface area contributed by atoms with Gasteiger partial charge in [-0.15, -0.1) is 0 Å². The predicted octanol–water partition coefficient (Wildman–Crippen LogP) is 1.29. The third kappa shape index (κ3) is 2.82. The SMILES string of the molecule is CN1CCCC(Oc2nc(Br)cnc2N)C1. The molecule has 2 rings (SSSR count). The molecule has 1 aliphatic heterocycles. The zero-order chi connectivity index (χ0) is 11.5. The number of likely N-dealkylation sites (tertiary alicyclic amines) is 1. The van der Waals surface area contributed by atoms with Crippen LogP contribution in [-0.2, 0) is 0 Å². The molecule has 0 aromatic carbocycles. The fraction of sp³-hybridized carbons (Fsp3) is 0.600. The Labute approximate surface area is 103 Å². The van der Waals surface area contributed by atoms with Crippen LogP contribution >= 0.6 is 15.9 Å². The summed E-state index contributed by atoms with van der Waals surface area (Å²) in [6, 6.07) is 0. The molecular formula is C10H15BrN4O. The van der Waals surface area contributed by atoms with Gasteiger partial charge in [0, 0.05) is 6.54 Å². The number of rotatable bonds is 2. The summed E-state index contributed by atoms with van der Waals surface area (Å²) in [5, 5.41) is 0. The maximum Gasteiger partial charge on any atom is 0.258 e. The molecule has 1 fully saturated rings. The van der Waals surface area contributed by atoms with E-state index in [1.165, 1.54) is 0 Å². The molecule has 2 N–H and O–H groups in total. The lowest BCUT2D eigenvalue weighted by Crippen LogP contribution is -2.38. The molecule has 1 aromatic heterocycles. The second-order valence-corrected chi connectivity index (χ2v) is 4.84. The van der Waals surface area contributed by atoms with E-state index >= 15 is 0 Å². The number of piperidine rings is 1. The average Bonchev–Trinajstić information content (AvgIpc) is 2.24. The Morgan fingerprint density at radius 3 is 3.19 bits per heavy atom. The molecule has 0 spiro atoms. The van der Waals surface area contributed by atoms with Crippen molar-refractivity contribution >= 4 is 21.7 Å². The topological polar surface area (TPSA) is 64.3 Å². The molecule has 1 saturated heterocycles. The van der Waals surface area contributed by atoms with Crippen molar-refractivity contribution in [2.75, 3.05) is 25.9 Å². The van der Waals surface area contributed by atoms with E-state index in [2.05, 4.69) is 37.8 Å². The van der Waals surface area contributed by atoms with Gasteiger partial charge in [-0.05, 0) is 42.4 Å². The van der Waals surface area contributed by atoms with Crippen molar-refractivity contribution in [1.82, 2.24) is 14.9 Å². The molecule has 0 bridgehead atoms. The fourth-order valence-electron chi connectivity index (χ4n) is 1.82. The lowest BCUT2D eigenvalue weighted by Gasteiger charge is -2.29. The number of likely N-dealkylation sites (N-methyl/N-ethyl adjacent to an activating group) is 1. The van der Waals surface area contributed by atoms with Gasteiger partial charge in [-0.3, -0.25) is 0 Å². The molecule has 5 nitrogen and oxygen atoms in total. The quantitative estimate of drug-likeness (QED) is 0.888. The van der Waals surface area contributed by atoms with E-state index in [0.29, 0.717) is 16.3 Å². The van der Waals surface area contributed by atoms with Crippen LogP contribution in [0.2, 0.25) is 0 Å². The summed E-state index contributed by atoms with van der Waals surface area (Å²) in [5.41, 5.74) is 5.71. The zero-order valence-electron chi connectivity index (χ0n) is 9.19. The van der Waals surface area contributed by atoms with E-state index in [4.69, 9.17) is 10.5 Å². The number of ether oxygens (including phenoxy) is 1. The van der Waals surface area contributed by atoms with E-state index in [9.17, 15) is 0 Å². The first-order chi connectivity index (χ1) is 7.65. The van der Waals surface area contributed by atoms with Gasteiger partial charge >= 0.3 is 0 Å². The van der Waals surface area contributed by atoms with Gasteiger partial charge in [-0.25, -0.2) is 9.97 Å². The largest absolute Gasteiger partial charge is 0.470 e. The summed E-state index contributed by atoms with van der Waals surface area (Å²) in [5.74, 6) is 0.770. The van der Waals surface area contributed by atoms with Gasteiger partial charge in [0.05, 0.1) is 6.20 Å². The summed E-state index contributed by atoms with van der Waals surface area (Å²) >= 11 is 3.25. The Balaban J connectivity index is 2.05. The molecule has 88 valence electrons. The van der Waals surface area contributed by atoms with Crippen LogP contribution in [0.25, 0.3) is 0 Å². The number of hydrogen-bond donors (Lipinski definition) is 1. The van der Waals surface area contributed by atoms with Crippen molar-refractivity contribution < 1.29 is 4.74 Å². The second-order valence-electron chi connectivity index (χ2n) is 4.03. The monoisotopic (exact) mass is 286 g/mol. The second kappa shape index (κ2) is 4.97. The molecule has 2 heterocycles. The Morgan fingerprint density at radius 1 is 1.62 bits per heavy atom. The number of nitrogens with two attached hydrogens (primary N) is 1. The molecule has 16 heavy (non-hydrogen) atoms. The molecule has 0 saturated carbocycles. The Morgan fingerprint density at radius 2 is 2.44 bits per heavy atom. The molecular weight excluding hydrogens is 272 g/mol. The van der Waals surface area contributed by atoms with Crippen LogP contribution in [0.15, 0.2) is 10.8 Å². The van der Waals surface area contributed by atoms with Crippen LogP contribution in [-0.4, -0.2) is 41.1 Å². The Bertz CT molecular complexity index is 374. The van der Waals surface area contributed by atoms with Gasteiger partial charge in [0.15, 0.2) is 5.82 Å². The minimum absolute atomic E-state index is 0.157. The van der Waals surface area contributed by atoms with Crippen molar-refractivity contribution in [3.8, 4) is 5.88 Å². The maximum absolute atomic E-state index is 5.77. The van der Waals surface area contributed by atoms with Crippen LogP contribution in [0.4, 0.5) is 5.82 Å². The predicted molar refractivity (Wildman–Crippen MR) is 65.3 cm³/mol. The first-order valence-corrected chi connectivity index (χ1v) is 6.07. The van der Waals surface area contributed by atoms with E-state index < -0.39 is 0 Å². The van der Waals surface area contributed by atoms with Crippen molar-refractivity contribution in [2.24, 2.45) is 0 Å². The van der Waals surface area contributed by atoms with Crippen LogP contribution in [0, 0.1) is 0 Å². The highest BCUT2D eigenvalue weighted by Gasteiger charge is 2.20. The minimum atomic E-state index is 0.157. The van der Waals surface area contributed by atoms with Gasteiger partial charge in [0.1, 0.15) is 10.7 Å². The van der Waals surface area contributed by atoms with Crippen LogP contribution in [0.3, 0.4) is 0 Å². The number of halogens is 1. The Kier molecular flexibility index (Phi) is 3.60. The number of hydrogen-bond acceptors (Lipinski definition) is 5. The summed E-state index contributed by atoms with van der Waals surface area (Å²) < 4.78 is 6.41. The maximum atomic E-state index is 5.77. The molecule has 0 radical (unpaired) electrons. The molecule has 0 aliphatic carbocycles. The first kappa shape index (κ1) is 11.6. The normalized spacial score (nSPS) is 22.0. The minimum Gasteiger partial charge on any atom is -0.470 e. The van der Waals surface area contributed by atoms with Gasteiger partial charge in [-0.2, -0.15) is 0 Å². The highest BCUT2D eigenvalue weighted by molar-refractivity contribution is 9.10. The smallest absolute Gasteiger partial charge is 0.258 e. The number of nitrogen functional groups attached to an aromatic ring is 1. The van der Waals surface area contributed by atoms with Crippen molar-refractivity contribution in [3.05, 3.63) is 10.8 Å². The van der Waals surface area contributed by atoms with Gasteiger partial charge in [0.25, 0.3) is 5.88 Å². The zero-order valence-corrected chi connectivity index (χ0v) is 10.8. The lowest BCUT2D eigenvalue weighted by molar-refractivity contribution is 0.100. The molecule has 1 atom stereocenters. The third-order valence-electron chi connectivity index (χ3n) is 2.60. The fourth-order valence-corrected chi connectivity index (χ4v) is 2.08. The van der Waals surface area contributed by atoms with E-state index in [0.717, 1.165) is 25.9 Å². The average molecular weight is 287 g/mol. The molecule has 1 aliphatic rings. The number of nitrogens with zero attached hydrogens (tertiary/aromatic N) is 3. The van der Waals surface area contributed by atoms with Crippen LogP contribution in [0.5, 0.6) is 5.88 Å². The summed E-state index contributed by atoms with van der Waals surface area (Å²) in [6.45, 7) is 2.03. The van der Waals surface area contributed by atoms with Crippen molar-refractivity contribution in [1.29, 1.82) is 0 Å². The van der Waals surface area contributed by atoms with Crippen LogP contribution < -0.4 is 10.5 Å². The van der Waals surface area contributed by atoms with E-state index in [1.54, 1.807) is 6.20 Å². The highest BCUT2D eigenvalue weighted by Crippen LogP contribution is 2.22. The van der Waals surface area contributed by atoms with Gasteiger partial charge < -0.3 is 15.4 Å². The molecule has 1 aromatic rings. The lowest BCUT2D eigenvalue weighted by atomic mass is 10.1. The first-order valence-electron chi connectivity index (χ1n) is 5.28. The van der Waals surface area contributed by atoms with Crippen molar-refractivity contribution in [3.63, 3.8) is 0 Å². The number of aromatic nitrogens is 2. The summed E-state index contributed by atoms with van der Waals surface area (Å²) in [7, 11) is 2.09. The third-order valence-corrected chi connectivity index (χ3v) is 2.98. The van der Waals surface area contributed by atoms with E-state index in [1.807, 2.05) is 0 Å². The Hall–Kier alpha value is -0.880. The highest BCUT2D eigenvalue weighted by atomic mass is 79.9. The van der Waals surface area contributed by atoms with Crippen molar-refractivity contribution in [2.45, 2.75) is 18.9 Å². The standard InChI is InChI=1S/C10H15BrN4O/c1-15-4-2-3-7(6-15)16-10-9(12)13-5-8(11)14-10/h5,7H,2-4,6H2,1H3,(H2,12,13). The van der Waals surface area contributed by atoms with E-state index in [-0.39, 0.29) is 6.10 Å². The molecule has 1 unspecified atom stereocenters. The molecule has 0 amide bonds. The van der Waals surface area contributed by atoms with Crippen LogP contribution in [0.1, 0.15) is 12.8 Å². The summed E-state index contributed by atoms with van der Waals surface area (Å²) in [6.07, 6.45) is 3.90. The number of anilines is 1. The molecule has 6 heteroatoms. The summed E-state index contributed by atoms with van der Waals surface area (Å²) in [4.78, 5) is 10.4. The van der Waals surface area contributed by atoms with Gasteiger partial charge in [-0.1, -0.05) is 0 Å². The van der Waals surface area contributed by atoms with Gasteiger partial charge in [0.2, 0.25) is 0 Å².